The zero-order chi connectivity index (χ0) is 30.1. The van der Waals surface area contributed by atoms with E-state index in [1.165, 1.54) is 23.1 Å². The minimum absolute atomic E-state index is 0.0148. The summed E-state index contributed by atoms with van der Waals surface area (Å²) < 4.78 is 12.9. The van der Waals surface area contributed by atoms with Crippen LogP contribution in [-0.2, 0) is 17.1 Å². The standard InChI is InChI=1S/C34H33N3O5S/c1-21(2)36-18-27(29-24-14-8-7-13-23(24)20-43-28-16-10-9-15-25(28)29)37-17-26(35-34(40)41-3)31(38)32(30(37)33(36)39)42-19-22-11-5-4-6-12-22/h4-17,21,27,29H,18-20H2,1-3H3,(H,35,40)/t27-,29?/m1/s1. The Morgan fingerprint density at radius 1 is 0.977 bits per heavy atom. The van der Waals surface area contributed by atoms with E-state index in [0.29, 0.717) is 6.54 Å². The maximum Gasteiger partial charge on any atom is 0.411 e. The average Bonchev–Trinajstić information content (AvgIpc) is 3.19. The fraction of sp³-hybridized carbons (Fsp3) is 0.265. The molecule has 9 heteroatoms. The molecule has 1 N–H and O–H groups in total. The molecule has 220 valence electrons. The predicted molar refractivity (Wildman–Crippen MR) is 167 cm³/mol. The lowest BCUT2D eigenvalue weighted by atomic mass is 9.81. The van der Waals surface area contributed by atoms with Crippen LogP contribution in [0.2, 0.25) is 0 Å². The highest BCUT2D eigenvalue weighted by Gasteiger charge is 2.42. The van der Waals surface area contributed by atoms with Gasteiger partial charge in [0.2, 0.25) is 5.43 Å². The summed E-state index contributed by atoms with van der Waals surface area (Å²) in [7, 11) is 1.24. The molecule has 2 aliphatic heterocycles. The summed E-state index contributed by atoms with van der Waals surface area (Å²) in [6.45, 7) is 4.44. The number of fused-ring (bicyclic) bond motifs is 3. The molecular formula is C34H33N3O5S. The van der Waals surface area contributed by atoms with E-state index in [2.05, 4.69) is 35.6 Å². The van der Waals surface area contributed by atoms with Crippen molar-refractivity contribution in [2.24, 2.45) is 0 Å². The molecule has 0 fully saturated rings. The summed E-state index contributed by atoms with van der Waals surface area (Å²) in [6, 6.07) is 25.8. The Labute approximate surface area is 254 Å². The van der Waals surface area contributed by atoms with Gasteiger partial charge in [-0.15, -0.1) is 11.8 Å². The number of nitrogens with zero attached hydrogens (tertiary/aromatic N) is 2. The monoisotopic (exact) mass is 595 g/mol. The summed E-state index contributed by atoms with van der Waals surface area (Å²) in [5.41, 5.74) is 3.96. The van der Waals surface area contributed by atoms with Crippen LogP contribution in [0.5, 0.6) is 5.75 Å². The van der Waals surface area contributed by atoms with E-state index in [0.717, 1.165) is 16.9 Å². The molecule has 0 saturated carbocycles. The number of carbonyl (C=O) groups excluding carboxylic acids is 2. The molecule has 6 rings (SSSR count). The number of methoxy groups -OCH3 is 1. The second kappa shape index (κ2) is 12.0. The quantitative estimate of drug-likeness (QED) is 0.276. The predicted octanol–water partition coefficient (Wildman–Crippen LogP) is 6.45. The third-order valence-corrected chi connectivity index (χ3v) is 9.22. The molecule has 0 spiro atoms. The van der Waals surface area contributed by atoms with Crippen molar-refractivity contribution in [3.05, 3.63) is 123 Å². The van der Waals surface area contributed by atoms with E-state index >= 15 is 0 Å². The second-order valence-electron chi connectivity index (χ2n) is 11.0. The fourth-order valence-electron chi connectivity index (χ4n) is 5.99. The van der Waals surface area contributed by atoms with Crippen LogP contribution >= 0.6 is 11.8 Å². The van der Waals surface area contributed by atoms with Crippen LogP contribution < -0.4 is 15.5 Å². The molecule has 8 nitrogen and oxygen atoms in total. The fourth-order valence-corrected chi connectivity index (χ4v) is 7.10. The van der Waals surface area contributed by atoms with Gasteiger partial charge in [0.05, 0.1) is 13.2 Å². The highest BCUT2D eigenvalue weighted by atomic mass is 32.2. The van der Waals surface area contributed by atoms with Gasteiger partial charge in [-0.2, -0.15) is 0 Å². The van der Waals surface area contributed by atoms with Crippen molar-refractivity contribution in [2.45, 2.75) is 49.1 Å². The molecule has 0 bridgehead atoms. The lowest BCUT2D eigenvalue weighted by molar-refractivity contribution is 0.0584. The number of pyridine rings is 1. The Bertz CT molecular complexity index is 1690. The molecule has 2 atom stereocenters. The van der Waals surface area contributed by atoms with Crippen molar-refractivity contribution >= 4 is 29.4 Å². The van der Waals surface area contributed by atoms with Crippen molar-refractivity contribution in [2.75, 3.05) is 19.0 Å². The SMILES string of the molecule is COC(=O)Nc1cn2c(c(OCc3ccccc3)c1=O)C(=O)N(C(C)C)C[C@@H]2C1c2ccccc2CSc2ccccc21. The maximum atomic E-state index is 14.2. The highest BCUT2D eigenvalue weighted by molar-refractivity contribution is 7.98. The number of anilines is 1. The van der Waals surface area contributed by atoms with Gasteiger partial charge in [-0.05, 0) is 42.2 Å². The molecular weight excluding hydrogens is 562 g/mol. The summed E-state index contributed by atoms with van der Waals surface area (Å²) in [4.78, 5) is 43.4. The molecule has 1 unspecified atom stereocenters. The van der Waals surface area contributed by atoms with Crippen molar-refractivity contribution in [3.63, 3.8) is 0 Å². The van der Waals surface area contributed by atoms with Gasteiger partial charge in [-0.3, -0.25) is 14.9 Å². The van der Waals surface area contributed by atoms with Gasteiger partial charge in [0, 0.05) is 35.3 Å². The zero-order valence-corrected chi connectivity index (χ0v) is 25.1. The van der Waals surface area contributed by atoms with Crippen molar-refractivity contribution in [1.82, 2.24) is 9.47 Å². The number of amides is 2. The summed E-state index contributed by atoms with van der Waals surface area (Å²) >= 11 is 1.80. The first-order valence-electron chi connectivity index (χ1n) is 14.3. The summed E-state index contributed by atoms with van der Waals surface area (Å²) in [5.74, 6) is 0.287. The van der Waals surface area contributed by atoms with Crippen LogP contribution in [0.15, 0.2) is 94.7 Å². The molecule has 3 heterocycles. The molecule has 2 aliphatic rings. The first kappa shape index (κ1) is 28.6. The summed E-state index contributed by atoms with van der Waals surface area (Å²) in [6.07, 6.45) is 0.795. The number of thioether (sulfide) groups is 1. The van der Waals surface area contributed by atoms with Crippen LogP contribution in [0, 0.1) is 0 Å². The molecule has 0 saturated heterocycles. The van der Waals surface area contributed by atoms with Gasteiger partial charge < -0.3 is 18.9 Å². The van der Waals surface area contributed by atoms with E-state index < -0.39 is 11.5 Å². The number of hydrogen-bond acceptors (Lipinski definition) is 6. The molecule has 4 aromatic rings. The smallest absolute Gasteiger partial charge is 0.411 e. The highest BCUT2D eigenvalue weighted by Crippen LogP contribution is 2.48. The van der Waals surface area contributed by atoms with Crippen LogP contribution in [-0.4, -0.2) is 41.2 Å². The van der Waals surface area contributed by atoms with Gasteiger partial charge in [-0.25, -0.2) is 4.79 Å². The minimum Gasteiger partial charge on any atom is -0.482 e. The lowest BCUT2D eigenvalue weighted by Gasteiger charge is -2.42. The first-order chi connectivity index (χ1) is 20.9. The van der Waals surface area contributed by atoms with Gasteiger partial charge in [0.1, 0.15) is 12.3 Å². The van der Waals surface area contributed by atoms with Gasteiger partial charge in [0.15, 0.2) is 11.4 Å². The second-order valence-corrected chi connectivity index (χ2v) is 12.0. The topological polar surface area (TPSA) is 89.9 Å². The van der Waals surface area contributed by atoms with Crippen LogP contribution in [0.1, 0.15) is 58.5 Å². The van der Waals surface area contributed by atoms with Gasteiger partial charge in [0.25, 0.3) is 5.91 Å². The Kier molecular flexibility index (Phi) is 7.99. The zero-order valence-electron chi connectivity index (χ0n) is 24.3. The van der Waals surface area contributed by atoms with E-state index in [1.807, 2.05) is 71.8 Å². The van der Waals surface area contributed by atoms with Crippen molar-refractivity contribution in [3.8, 4) is 5.75 Å². The van der Waals surface area contributed by atoms with Gasteiger partial charge in [-0.1, -0.05) is 72.8 Å². The average molecular weight is 596 g/mol. The largest absolute Gasteiger partial charge is 0.482 e. The van der Waals surface area contributed by atoms with Crippen LogP contribution in [0.25, 0.3) is 0 Å². The molecule has 3 aromatic carbocycles. The Balaban J connectivity index is 1.60. The van der Waals surface area contributed by atoms with Crippen molar-refractivity contribution < 1.29 is 19.1 Å². The number of benzene rings is 3. The number of aromatic nitrogens is 1. The molecule has 0 aliphatic carbocycles. The number of nitrogens with one attached hydrogen (secondary N) is 1. The number of hydrogen-bond donors (Lipinski definition) is 1. The first-order valence-corrected chi connectivity index (χ1v) is 15.3. The van der Waals surface area contributed by atoms with Crippen LogP contribution in [0.4, 0.5) is 10.5 Å². The summed E-state index contributed by atoms with van der Waals surface area (Å²) in [5, 5.41) is 2.57. The minimum atomic E-state index is -0.782. The third-order valence-electron chi connectivity index (χ3n) is 8.08. The number of carbonyl (C=O) groups is 2. The lowest BCUT2D eigenvalue weighted by Crippen LogP contribution is -2.49. The van der Waals surface area contributed by atoms with E-state index in [1.54, 1.807) is 18.0 Å². The Morgan fingerprint density at radius 2 is 1.67 bits per heavy atom. The normalized spacial score (nSPS) is 17.4. The third kappa shape index (κ3) is 5.41. The van der Waals surface area contributed by atoms with Crippen molar-refractivity contribution in [1.29, 1.82) is 0 Å². The molecule has 43 heavy (non-hydrogen) atoms. The molecule has 2 amide bonds. The Hall–Kier alpha value is -4.50. The molecule has 0 radical (unpaired) electrons. The molecule has 1 aromatic heterocycles. The van der Waals surface area contributed by atoms with Crippen LogP contribution in [0.3, 0.4) is 0 Å². The van der Waals surface area contributed by atoms with E-state index in [-0.39, 0.29) is 47.6 Å². The maximum absolute atomic E-state index is 14.2. The van der Waals surface area contributed by atoms with Gasteiger partial charge >= 0.3 is 6.09 Å². The number of ether oxygens (including phenoxy) is 2. The van der Waals surface area contributed by atoms with E-state index in [9.17, 15) is 14.4 Å². The van der Waals surface area contributed by atoms with E-state index in [4.69, 9.17) is 9.47 Å². The Morgan fingerprint density at radius 3 is 2.42 bits per heavy atom. The number of rotatable bonds is 6.